The number of sulfonamides is 1. The van der Waals surface area contributed by atoms with Crippen LogP contribution in [0.3, 0.4) is 0 Å². The fourth-order valence-corrected chi connectivity index (χ4v) is 3.26. The van der Waals surface area contributed by atoms with Crippen molar-refractivity contribution >= 4 is 33.4 Å². The zero-order valence-corrected chi connectivity index (χ0v) is 16.2. The number of guanidine groups is 1. The minimum atomic E-state index is -4.16. The van der Waals surface area contributed by atoms with Gasteiger partial charge in [-0.2, -0.15) is 4.99 Å². The summed E-state index contributed by atoms with van der Waals surface area (Å²) in [6.45, 7) is 5.40. The van der Waals surface area contributed by atoms with Gasteiger partial charge in [-0.25, -0.2) is 18.5 Å². The van der Waals surface area contributed by atoms with E-state index in [9.17, 15) is 13.2 Å². The van der Waals surface area contributed by atoms with Crippen molar-refractivity contribution in [3.8, 4) is 0 Å². The predicted molar refractivity (Wildman–Crippen MR) is 102 cm³/mol. The van der Waals surface area contributed by atoms with E-state index in [2.05, 4.69) is 15.0 Å². The molecule has 2 aromatic rings. The molecule has 0 unspecified atom stereocenters. The highest BCUT2D eigenvalue weighted by molar-refractivity contribution is 7.89. The Kier molecular flexibility index (Phi) is 5.47. The van der Waals surface area contributed by atoms with Crippen molar-refractivity contribution in [2.75, 3.05) is 11.9 Å². The fraction of sp³-hybridized carbons (Fsp3) is 0.250. The molecule has 10 nitrogen and oxygen atoms in total. The highest BCUT2D eigenvalue weighted by Gasteiger charge is 2.22. The first-order valence-electron chi connectivity index (χ1n) is 7.78. The molecular weight excluding hydrogens is 370 g/mol. The second kappa shape index (κ2) is 7.29. The molecular formula is C16H21N7O3S. The Morgan fingerprint density at radius 1 is 1.07 bits per heavy atom. The van der Waals surface area contributed by atoms with Gasteiger partial charge in [-0.05, 0) is 39.0 Å². The van der Waals surface area contributed by atoms with Crippen molar-refractivity contribution in [1.82, 2.24) is 9.97 Å². The van der Waals surface area contributed by atoms with Crippen molar-refractivity contribution in [2.24, 2.45) is 21.6 Å². The summed E-state index contributed by atoms with van der Waals surface area (Å²) < 4.78 is 24.2. The average molecular weight is 391 g/mol. The number of aliphatic imine (C=N–C) groups is 1. The minimum Gasteiger partial charge on any atom is -0.370 e. The van der Waals surface area contributed by atoms with Crippen LogP contribution in [-0.2, 0) is 10.0 Å². The number of nitrogens with zero attached hydrogens (tertiary/aromatic N) is 4. The number of anilines is 2. The maximum absolute atomic E-state index is 12.1. The maximum Gasteiger partial charge on any atom is 0.280 e. The molecule has 6 N–H and O–H groups in total. The van der Waals surface area contributed by atoms with Gasteiger partial charge in [0, 0.05) is 12.6 Å². The summed E-state index contributed by atoms with van der Waals surface area (Å²) >= 11 is 0. The number of carbonyl (C=O) groups excluding carboxylic acids is 1. The Morgan fingerprint density at radius 3 is 2.22 bits per heavy atom. The van der Waals surface area contributed by atoms with Crippen LogP contribution in [0.5, 0.6) is 0 Å². The van der Waals surface area contributed by atoms with E-state index in [-0.39, 0.29) is 16.1 Å². The molecule has 0 saturated heterocycles. The molecule has 0 aliphatic carbocycles. The molecule has 0 bridgehead atoms. The van der Waals surface area contributed by atoms with E-state index in [4.69, 9.17) is 16.6 Å². The Bertz CT molecular complexity index is 1040. The smallest absolute Gasteiger partial charge is 0.280 e. The van der Waals surface area contributed by atoms with E-state index in [1.54, 1.807) is 25.8 Å². The second-order valence-electron chi connectivity index (χ2n) is 5.93. The van der Waals surface area contributed by atoms with Gasteiger partial charge in [0.1, 0.15) is 4.90 Å². The summed E-state index contributed by atoms with van der Waals surface area (Å²) in [5, 5.41) is 5.35. The zero-order valence-electron chi connectivity index (χ0n) is 15.4. The van der Waals surface area contributed by atoms with Crippen LogP contribution in [0, 0.1) is 20.8 Å². The van der Waals surface area contributed by atoms with Gasteiger partial charge in [-0.15, -0.1) is 0 Å². The third kappa shape index (κ3) is 4.38. The number of rotatable bonds is 4. The van der Waals surface area contributed by atoms with Crippen LogP contribution in [0.4, 0.5) is 11.5 Å². The molecule has 0 radical (unpaired) electrons. The quantitative estimate of drug-likeness (QED) is 0.491. The van der Waals surface area contributed by atoms with Crippen LogP contribution in [0.2, 0.25) is 0 Å². The van der Waals surface area contributed by atoms with Crippen LogP contribution in [0.1, 0.15) is 27.4 Å². The van der Waals surface area contributed by atoms with E-state index in [0.717, 1.165) is 11.8 Å². The van der Waals surface area contributed by atoms with Crippen LogP contribution in [-0.4, -0.2) is 37.3 Å². The van der Waals surface area contributed by atoms with Crippen LogP contribution < -0.4 is 21.5 Å². The lowest BCUT2D eigenvalue weighted by Gasteiger charge is -2.23. The molecule has 0 atom stereocenters. The summed E-state index contributed by atoms with van der Waals surface area (Å²) in [6.07, 6.45) is 0. The Morgan fingerprint density at radius 2 is 1.67 bits per heavy atom. The van der Waals surface area contributed by atoms with Crippen LogP contribution >= 0.6 is 0 Å². The highest BCUT2D eigenvalue weighted by Crippen LogP contribution is 2.31. The van der Waals surface area contributed by atoms with E-state index < -0.39 is 21.9 Å². The van der Waals surface area contributed by atoms with Gasteiger partial charge < -0.3 is 16.4 Å². The second-order valence-corrected chi connectivity index (χ2v) is 7.46. The first kappa shape index (κ1) is 20.3. The monoisotopic (exact) mass is 391 g/mol. The topological polar surface area (TPSA) is 171 Å². The van der Waals surface area contributed by atoms with Gasteiger partial charge in [0.05, 0.1) is 22.8 Å². The Balaban J connectivity index is 2.65. The van der Waals surface area contributed by atoms with E-state index in [0.29, 0.717) is 17.2 Å². The Hall–Kier alpha value is -3.05. The van der Waals surface area contributed by atoms with Crippen LogP contribution in [0.15, 0.2) is 28.1 Å². The molecule has 0 fully saturated rings. The lowest BCUT2D eigenvalue weighted by atomic mass is 10.2. The number of carbonyl (C=O) groups is 1. The molecule has 11 heteroatoms. The molecule has 1 aromatic carbocycles. The number of hydrogen-bond acceptors (Lipinski definition) is 6. The third-order valence-electron chi connectivity index (χ3n) is 3.88. The summed E-state index contributed by atoms with van der Waals surface area (Å²) in [5.41, 5.74) is 12.7. The van der Waals surface area contributed by atoms with E-state index >= 15 is 0 Å². The third-order valence-corrected chi connectivity index (χ3v) is 4.82. The largest absolute Gasteiger partial charge is 0.370 e. The lowest BCUT2D eigenvalue weighted by molar-refractivity contribution is 0.100. The minimum absolute atomic E-state index is 0.0209. The van der Waals surface area contributed by atoms with Gasteiger partial charge in [0.15, 0.2) is 11.8 Å². The first-order valence-corrected chi connectivity index (χ1v) is 9.33. The van der Waals surface area contributed by atoms with Crippen molar-refractivity contribution < 1.29 is 13.2 Å². The van der Waals surface area contributed by atoms with E-state index in [1.807, 2.05) is 6.92 Å². The molecule has 0 aliphatic heterocycles. The van der Waals surface area contributed by atoms with Gasteiger partial charge in [-0.3, -0.25) is 9.78 Å². The molecule has 0 spiro atoms. The van der Waals surface area contributed by atoms with Gasteiger partial charge in [-0.1, -0.05) is 0 Å². The first-order chi connectivity index (χ1) is 12.4. The standard InChI is InChI=1S/C16H21N7O3S/c1-8-9(2)21-14(10(3)20-8)23(4)12-6-5-11(15(24)22-16(17)18)7-13(12)27(19,25)26/h5-7H,1-4H3,(H2,19,25,26)(H4,17,18,22,24). The fourth-order valence-electron chi connectivity index (χ4n) is 2.47. The summed E-state index contributed by atoms with van der Waals surface area (Å²) in [5.74, 6) is -0.748. The normalized spacial score (nSPS) is 11.1. The number of hydrogen-bond donors (Lipinski definition) is 3. The maximum atomic E-state index is 12.1. The van der Waals surface area contributed by atoms with Crippen molar-refractivity contribution in [2.45, 2.75) is 25.7 Å². The number of nitrogens with two attached hydrogens (primary N) is 3. The number of primary sulfonamides is 1. The molecule has 1 amide bonds. The average Bonchev–Trinajstić information content (AvgIpc) is 2.55. The number of aryl methyl sites for hydroxylation is 3. The lowest BCUT2D eigenvalue weighted by Crippen LogP contribution is -2.24. The van der Waals surface area contributed by atoms with Gasteiger partial charge in [0.2, 0.25) is 10.0 Å². The summed E-state index contributed by atoms with van der Waals surface area (Å²) in [6, 6.07) is 3.96. The molecule has 1 heterocycles. The van der Waals surface area contributed by atoms with Gasteiger partial charge in [0.25, 0.3) is 5.91 Å². The predicted octanol–water partition coefficient (Wildman–Crippen LogP) is 0.231. The summed E-state index contributed by atoms with van der Waals surface area (Å²) in [7, 11) is -2.52. The van der Waals surface area contributed by atoms with Crippen molar-refractivity contribution in [1.29, 1.82) is 0 Å². The van der Waals surface area contributed by atoms with Crippen molar-refractivity contribution in [3.05, 3.63) is 40.8 Å². The molecule has 144 valence electrons. The van der Waals surface area contributed by atoms with Crippen molar-refractivity contribution in [3.63, 3.8) is 0 Å². The molecule has 27 heavy (non-hydrogen) atoms. The highest BCUT2D eigenvalue weighted by atomic mass is 32.2. The Labute approximate surface area is 157 Å². The van der Waals surface area contributed by atoms with Gasteiger partial charge >= 0.3 is 0 Å². The molecule has 0 aliphatic rings. The number of benzene rings is 1. The zero-order chi connectivity index (χ0) is 20.5. The molecule has 0 saturated carbocycles. The number of amides is 1. The molecule has 1 aromatic heterocycles. The van der Waals surface area contributed by atoms with Crippen LogP contribution in [0.25, 0.3) is 0 Å². The summed E-state index contributed by atoms with van der Waals surface area (Å²) in [4.78, 5) is 25.6. The number of aromatic nitrogens is 2. The molecule has 2 rings (SSSR count). The van der Waals surface area contributed by atoms with E-state index in [1.165, 1.54) is 12.1 Å². The SMILES string of the molecule is Cc1nc(C)c(N(C)c2ccc(C(=O)N=C(N)N)cc2S(N)(=O)=O)nc1C.